The third-order valence-electron chi connectivity index (χ3n) is 3.66. The van der Waals surface area contributed by atoms with Gasteiger partial charge in [0.15, 0.2) is 0 Å². The quantitative estimate of drug-likeness (QED) is 0.843. The van der Waals surface area contributed by atoms with Gasteiger partial charge in [0.05, 0.1) is 22.4 Å². The number of amides is 1. The number of hydrogen-bond donors (Lipinski definition) is 1. The summed E-state index contributed by atoms with van der Waals surface area (Å²) in [5, 5.41) is 3.52. The van der Waals surface area contributed by atoms with Crippen molar-refractivity contribution in [3.8, 4) is 0 Å². The molecule has 23 heavy (non-hydrogen) atoms. The molecule has 1 saturated heterocycles. The Morgan fingerprint density at radius 1 is 1.09 bits per heavy atom. The molecule has 3 rings (SSSR count). The summed E-state index contributed by atoms with van der Waals surface area (Å²) in [6.07, 6.45) is -0.529. The van der Waals surface area contributed by atoms with E-state index in [0.717, 1.165) is 5.56 Å². The predicted octanol–water partition coefficient (Wildman–Crippen LogP) is 4.24. The summed E-state index contributed by atoms with van der Waals surface area (Å²) in [4.78, 5) is 24.2. The van der Waals surface area contributed by atoms with Crippen LogP contribution in [0.15, 0.2) is 48.5 Å². The molecule has 0 saturated carbocycles. The van der Waals surface area contributed by atoms with Crippen molar-refractivity contribution in [3.05, 3.63) is 64.1 Å². The smallest absolute Gasteiger partial charge is 0.307 e. The van der Waals surface area contributed by atoms with Crippen LogP contribution in [0.2, 0.25) is 10.0 Å². The van der Waals surface area contributed by atoms with Gasteiger partial charge in [0.25, 0.3) is 0 Å². The summed E-state index contributed by atoms with van der Waals surface area (Å²) < 4.78 is 5.31. The van der Waals surface area contributed by atoms with E-state index in [0.29, 0.717) is 15.7 Å². The van der Waals surface area contributed by atoms with Crippen LogP contribution in [0.4, 0.5) is 5.69 Å². The van der Waals surface area contributed by atoms with Gasteiger partial charge in [-0.25, -0.2) is 0 Å². The number of ether oxygens (including phenoxy) is 1. The van der Waals surface area contributed by atoms with Gasteiger partial charge in [-0.15, -0.1) is 0 Å². The number of esters is 1. The highest BCUT2D eigenvalue weighted by Crippen LogP contribution is 2.36. The van der Waals surface area contributed by atoms with Crippen molar-refractivity contribution in [2.45, 2.75) is 12.5 Å². The molecule has 1 fully saturated rings. The number of halogens is 2. The van der Waals surface area contributed by atoms with Gasteiger partial charge in [0, 0.05) is 5.69 Å². The summed E-state index contributed by atoms with van der Waals surface area (Å²) in [6.45, 7) is 0. The minimum Gasteiger partial charge on any atom is -0.457 e. The fourth-order valence-electron chi connectivity index (χ4n) is 2.54. The van der Waals surface area contributed by atoms with E-state index in [-0.39, 0.29) is 18.3 Å². The van der Waals surface area contributed by atoms with Gasteiger partial charge in [0.2, 0.25) is 5.91 Å². The molecule has 1 amide bonds. The first-order chi connectivity index (χ1) is 11.0. The Labute approximate surface area is 143 Å². The molecule has 1 aliphatic rings. The highest BCUT2D eigenvalue weighted by molar-refractivity contribution is 6.42. The molecule has 2 atom stereocenters. The van der Waals surface area contributed by atoms with Crippen molar-refractivity contribution in [2.75, 3.05) is 5.32 Å². The second kappa shape index (κ2) is 6.60. The SMILES string of the molecule is O=C1C[C@@H](C(=O)Nc2ccc(Cl)c(Cl)c2)[C@H](c2ccccc2)O1. The molecule has 0 radical (unpaired) electrons. The van der Waals surface area contributed by atoms with Crippen molar-refractivity contribution in [2.24, 2.45) is 5.92 Å². The Morgan fingerprint density at radius 2 is 1.83 bits per heavy atom. The molecule has 0 aromatic heterocycles. The highest BCUT2D eigenvalue weighted by atomic mass is 35.5. The second-order valence-electron chi connectivity index (χ2n) is 5.25. The normalized spacial score (nSPS) is 20.2. The standard InChI is InChI=1S/C17H13Cl2NO3/c18-13-7-6-11(8-14(13)19)20-17(22)12-9-15(21)23-16(12)10-4-2-1-3-5-10/h1-8,12,16H,9H2,(H,20,22)/t12-,16+/m1/s1. The van der Waals surface area contributed by atoms with E-state index in [1.807, 2.05) is 30.3 Å². The third kappa shape index (κ3) is 3.49. The van der Waals surface area contributed by atoms with Crippen molar-refractivity contribution in [1.82, 2.24) is 0 Å². The number of nitrogens with one attached hydrogen (secondary N) is 1. The fourth-order valence-corrected chi connectivity index (χ4v) is 2.84. The third-order valence-corrected chi connectivity index (χ3v) is 4.40. The zero-order chi connectivity index (χ0) is 16.4. The maximum Gasteiger partial charge on any atom is 0.307 e. The molecular weight excluding hydrogens is 337 g/mol. The molecule has 0 aliphatic carbocycles. The first kappa shape index (κ1) is 15.8. The minimum atomic E-state index is -0.584. The number of benzene rings is 2. The number of cyclic esters (lactones) is 1. The van der Waals surface area contributed by atoms with Crippen LogP contribution in [0, 0.1) is 5.92 Å². The van der Waals surface area contributed by atoms with Gasteiger partial charge < -0.3 is 10.1 Å². The zero-order valence-electron chi connectivity index (χ0n) is 12.0. The van der Waals surface area contributed by atoms with Crippen LogP contribution < -0.4 is 5.32 Å². The Bertz CT molecular complexity index is 749. The van der Waals surface area contributed by atoms with E-state index in [9.17, 15) is 9.59 Å². The van der Waals surface area contributed by atoms with E-state index in [4.69, 9.17) is 27.9 Å². The highest BCUT2D eigenvalue weighted by Gasteiger charge is 2.40. The molecule has 2 aromatic carbocycles. The molecule has 4 nitrogen and oxygen atoms in total. The molecular formula is C17H13Cl2NO3. The van der Waals surface area contributed by atoms with Crippen LogP contribution >= 0.6 is 23.2 Å². The Balaban J connectivity index is 1.79. The van der Waals surface area contributed by atoms with Crippen molar-refractivity contribution >= 4 is 40.8 Å². The van der Waals surface area contributed by atoms with E-state index in [1.165, 1.54) is 0 Å². The molecule has 2 aromatic rings. The lowest BCUT2D eigenvalue weighted by atomic mass is 9.94. The van der Waals surface area contributed by atoms with Crippen LogP contribution in [-0.2, 0) is 14.3 Å². The van der Waals surface area contributed by atoms with Crippen LogP contribution in [0.25, 0.3) is 0 Å². The molecule has 0 unspecified atom stereocenters. The molecule has 1 N–H and O–H groups in total. The fraction of sp³-hybridized carbons (Fsp3) is 0.176. The molecule has 0 bridgehead atoms. The van der Waals surface area contributed by atoms with Gasteiger partial charge in [-0.2, -0.15) is 0 Å². The van der Waals surface area contributed by atoms with Gasteiger partial charge in [0.1, 0.15) is 6.10 Å². The van der Waals surface area contributed by atoms with E-state index >= 15 is 0 Å². The van der Waals surface area contributed by atoms with Crippen LogP contribution in [0.5, 0.6) is 0 Å². The average molecular weight is 350 g/mol. The van der Waals surface area contributed by atoms with E-state index < -0.39 is 12.0 Å². The van der Waals surface area contributed by atoms with Gasteiger partial charge in [-0.1, -0.05) is 53.5 Å². The lowest BCUT2D eigenvalue weighted by Crippen LogP contribution is -2.25. The van der Waals surface area contributed by atoms with Gasteiger partial charge >= 0.3 is 5.97 Å². The first-order valence-electron chi connectivity index (χ1n) is 7.05. The monoisotopic (exact) mass is 349 g/mol. The van der Waals surface area contributed by atoms with Crippen LogP contribution in [0.3, 0.4) is 0 Å². The number of carbonyl (C=O) groups excluding carboxylic acids is 2. The van der Waals surface area contributed by atoms with Crippen molar-refractivity contribution in [1.29, 1.82) is 0 Å². The van der Waals surface area contributed by atoms with Gasteiger partial charge in [-0.05, 0) is 23.8 Å². The summed E-state index contributed by atoms with van der Waals surface area (Å²) >= 11 is 11.8. The minimum absolute atomic E-state index is 0.0483. The number of anilines is 1. The predicted molar refractivity (Wildman–Crippen MR) is 88.5 cm³/mol. The zero-order valence-corrected chi connectivity index (χ0v) is 13.5. The number of rotatable bonds is 3. The molecule has 118 valence electrons. The lowest BCUT2D eigenvalue weighted by molar-refractivity contribution is -0.141. The molecule has 6 heteroatoms. The number of hydrogen-bond acceptors (Lipinski definition) is 3. The average Bonchev–Trinajstić information content (AvgIpc) is 2.94. The van der Waals surface area contributed by atoms with Crippen LogP contribution in [-0.4, -0.2) is 11.9 Å². The summed E-state index contributed by atoms with van der Waals surface area (Å²) in [6, 6.07) is 14.0. The number of carbonyl (C=O) groups is 2. The lowest BCUT2D eigenvalue weighted by Gasteiger charge is -2.17. The summed E-state index contributed by atoms with van der Waals surface area (Å²) in [7, 11) is 0. The largest absolute Gasteiger partial charge is 0.457 e. The summed E-state index contributed by atoms with van der Waals surface area (Å²) in [5.41, 5.74) is 1.32. The molecule has 1 heterocycles. The Hall–Kier alpha value is -2.04. The topological polar surface area (TPSA) is 55.4 Å². The van der Waals surface area contributed by atoms with E-state index in [2.05, 4.69) is 5.32 Å². The van der Waals surface area contributed by atoms with Gasteiger partial charge in [-0.3, -0.25) is 9.59 Å². The van der Waals surface area contributed by atoms with Crippen molar-refractivity contribution in [3.63, 3.8) is 0 Å². The Kier molecular flexibility index (Phi) is 4.55. The molecule has 1 aliphatic heterocycles. The maximum absolute atomic E-state index is 12.5. The van der Waals surface area contributed by atoms with Crippen molar-refractivity contribution < 1.29 is 14.3 Å². The first-order valence-corrected chi connectivity index (χ1v) is 7.80. The van der Waals surface area contributed by atoms with Crippen LogP contribution in [0.1, 0.15) is 18.1 Å². The Morgan fingerprint density at radius 3 is 2.52 bits per heavy atom. The second-order valence-corrected chi connectivity index (χ2v) is 6.06. The summed E-state index contributed by atoms with van der Waals surface area (Å²) in [5.74, 6) is -1.25. The molecule has 0 spiro atoms. The maximum atomic E-state index is 12.5. The van der Waals surface area contributed by atoms with E-state index in [1.54, 1.807) is 18.2 Å².